The summed E-state index contributed by atoms with van der Waals surface area (Å²) in [5, 5.41) is 6.38. The molecule has 1 aliphatic heterocycles. The number of amides is 3. The highest BCUT2D eigenvalue weighted by atomic mass is 35.5. The quantitative estimate of drug-likeness (QED) is 0.770. The fourth-order valence-corrected chi connectivity index (χ4v) is 3.96. The number of carbonyl (C=O) groups excluding carboxylic acids is 3. The van der Waals surface area contributed by atoms with Crippen molar-refractivity contribution in [2.24, 2.45) is 0 Å². The molecule has 1 aliphatic carbocycles. The van der Waals surface area contributed by atoms with Crippen LogP contribution in [0.4, 0.5) is 10.5 Å². The van der Waals surface area contributed by atoms with Gasteiger partial charge >= 0.3 is 12.0 Å². The normalized spacial score (nSPS) is 24.6. The maximum absolute atomic E-state index is 13.1. The molecule has 2 aliphatic rings. The molecule has 2 fully saturated rings. The van der Waals surface area contributed by atoms with Gasteiger partial charge in [0.25, 0.3) is 0 Å². The Kier molecular flexibility index (Phi) is 6.21. The molecule has 0 radical (unpaired) electrons. The maximum atomic E-state index is 13.1. The Bertz CT molecular complexity index is 709. The van der Waals surface area contributed by atoms with Crippen LogP contribution in [0.2, 0.25) is 5.02 Å². The number of nitrogens with one attached hydrogen (secondary N) is 2. The second-order valence-corrected chi connectivity index (χ2v) is 7.27. The highest BCUT2D eigenvalue weighted by molar-refractivity contribution is 6.30. The van der Waals surface area contributed by atoms with Crippen molar-refractivity contribution in [1.82, 2.24) is 10.2 Å². The summed E-state index contributed by atoms with van der Waals surface area (Å²) in [6.45, 7) is 1.94. The number of anilines is 1. The number of nitrogens with zero attached hydrogens (tertiary/aromatic N) is 1. The molecule has 2 N–H and O–H groups in total. The summed E-state index contributed by atoms with van der Waals surface area (Å²) in [6, 6.07) is 5.27. The third kappa shape index (κ3) is 4.53. The Balaban J connectivity index is 1.83. The maximum Gasteiger partial charge on any atom is 0.322 e. The molecule has 3 rings (SSSR count). The molecule has 0 unspecified atom stereocenters. The zero-order valence-corrected chi connectivity index (χ0v) is 16.0. The lowest BCUT2D eigenvalue weighted by atomic mass is 9.85. The van der Waals surface area contributed by atoms with Gasteiger partial charge in [-0.15, -0.1) is 0 Å². The molecule has 1 saturated heterocycles. The molecule has 7 nitrogen and oxygen atoms in total. The van der Waals surface area contributed by atoms with Gasteiger partial charge in [0.15, 0.2) is 0 Å². The molecule has 146 valence electrons. The Hall–Kier alpha value is -2.28. The fraction of sp³-hybridized carbons (Fsp3) is 0.526. The molecule has 27 heavy (non-hydrogen) atoms. The van der Waals surface area contributed by atoms with E-state index in [-0.39, 0.29) is 31.0 Å². The third-order valence-corrected chi connectivity index (χ3v) is 5.30. The van der Waals surface area contributed by atoms with Gasteiger partial charge in [0.05, 0.1) is 19.1 Å². The van der Waals surface area contributed by atoms with E-state index < -0.39 is 18.0 Å². The lowest BCUT2D eigenvalue weighted by Crippen LogP contribution is -2.68. The van der Waals surface area contributed by atoms with Gasteiger partial charge in [-0.2, -0.15) is 0 Å². The number of hydrogen-bond donors (Lipinski definition) is 2. The predicted molar refractivity (Wildman–Crippen MR) is 102 cm³/mol. The summed E-state index contributed by atoms with van der Waals surface area (Å²) < 4.78 is 5.00. The van der Waals surface area contributed by atoms with E-state index in [0.29, 0.717) is 10.7 Å². The van der Waals surface area contributed by atoms with Gasteiger partial charge in [-0.1, -0.05) is 24.4 Å². The van der Waals surface area contributed by atoms with E-state index in [1.165, 1.54) is 4.90 Å². The first kappa shape index (κ1) is 19.5. The minimum atomic E-state index is -0.879. The molecule has 1 saturated carbocycles. The number of benzene rings is 1. The second kappa shape index (κ2) is 8.61. The molecule has 8 heteroatoms. The van der Waals surface area contributed by atoms with Crippen LogP contribution in [0.5, 0.6) is 0 Å². The van der Waals surface area contributed by atoms with Crippen LogP contribution in [0.3, 0.4) is 0 Å². The first-order valence-electron chi connectivity index (χ1n) is 9.30. The van der Waals surface area contributed by atoms with E-state index in [1.807, 2.05) is 0 Å². The number of halogens is 1. The molecule has 3 atom stereocenters. The van der Waals surface area contributed by atoms with Gasteiger partial charge in [-0.05, 0) is 44.0 Å². The van der Waals surface area contributed by atoms with Crippen LogP contribution in [0, 0.1) is 0 Å². The predicted octanol–water partition coefficient (Wildman–Crippen LogP) is 2.94. The van der Waals surface area contributed by atoms with E-state index in [4.69, 9.17) is 16.3 Å². The molecule has 3 amide bonds. The number of piperazine rings is 1. The van der Waals surface area contributed by atoms with Gasteiger partial charge in [-0.3, -0.25) is 9.59 Å². The summed E-state index contributed by atoms with van der Waals surface area (Å²) in [6.07, 6.45) is 3.45. The van der Waals surface area contributed by atoms with Crippen LogP contribution >= 0.6 is 11.6 Å². The average Bonchev–Trinajstić information content (AvgIpc) is 2.64. The van der Waals surface area contributed by atoms with Crippen LogP contribution < -0.4 is 10.6 Å². The summed E-state index contributed by atoms with van der Waals surface area (Å²) in [7, 11) is 0. The molecule has 0 aromatic heterocycles. The Labute approximate surface area is 163 Å². The van der Waals surface area contributed by atoms with Gasteiger partial charge in [-0.25, -0.2) is 4.79 Å². The molecule has 1 aromatic rings. The summed E-state index contributed by atoms with van der Waals surface area (Å²) in [5.41, 5.74) is 0.581. The molecule has 0 bridgehead atoms. The smallest absolute Gasteiger partial charge is 0.322 e. The van der Waals surface area contributed by atoms with Crippen LogP contribution in [0.25, 0.3) is 0 Å². The first-order valence-corrected chi connectivity index (χ1v) is 9.68. The first-order chi connectivity index (χ1) is 13.0. The van der Waals surface area contributed by atoms with Crippen LogP contribution in [-0.2, 0) is 14.3 Å². The summed E-state index contributed by atoms with van der Waals surface area (Å²) in [4.78, 5) is 39.2. The van der Waals surface area contributed by atoms with E-state index in [2.05, 4.69) is 10.6 Å². The summed E-state index contributed by atoms with van der Waals surface area (Å²) >= 11 is 5.89. The van der Waals surface area contributed by atoms with Gasteiger partial charge in [0, 0.05) is 16.8 Å². The molecular formula is C19H24ClN3O4. The molecule has 1 aromatic carbocycles. The van der Waals surface area contributed by atoms with Crippen molar-refractivity contribution in [2.45, 2.75) is 57.2 Å². The van der Waals surface area contributed by atoms with Gasteiger partial charge in [0.1, 0.15) is 6.04 Å². The third-order valence-electron chi connectivity index (χ3n) is 5.05. The SMILES string of the molecule is CCOC(=O)C[C@@H]1C(=O)N[C@H]2CCCC[C@H]2N1C(=O)Nc1ccc(Cl)cc1. The largest absolute Gasteiger partial charge is 0.466 e. The number of carbonyl (C=O) groups is 3. The average molecular weight is 394 g/mol. The number of urea groups is 1. The Morgan fingerprint density at radius 1 is 1.26 bits per heavy atom. The Morgan fingerprint density at radius 3 is 2.67 bits per heavy atom. The van der Waals surface area contributed by atoms with Crippen molar-refractivity contribution in [3.63, 3.8) is 0 Å². The van der Waals surface area contributed by atoms with Crippen molar-refractivity contribution >= 4 is 35.2 Å². The van der Waals surface area contributed by atoms with Gasteiger partial charge in [0.2, 0.25) is 5.91 Å². The van der Waals surface area contributed by atoms with E-state index in [0.717, 1.165) is 25.7 Å². The lowest BCUT2D eigenvalue weighted by Gasteiger charge is -2.47. The standard InChI is InChI=1S/C19H24ClN3O4/c1-2-27-17(24)11-16-18(25)22-14-5-3-4-6-15(14)23(16)19(26)21-13-9-7-12(20)8-10-13/h7-10,14-16H,2-6,11H2,1H3,(H,21,26)(H,22,25)/t14-,15+,16+/m0/s1. The molecule has 1 heterocycles. The van der Waals surface area contributed by atoms with Crippen LogP contribution in [-0.4, -0.2) is 47.5 Å². The van der Waals surface area contributed by atoms with E-state index >= 15 is 0 Å². The summed E-state index contributed by atoms with van der Waals surface area (Å²) in [5.74, 6) is -0.798. The lowest BCUT2D eigenvalue weighted by molar-refractivity contribution is -0.148. The fourth-order valence-electron chi connectivity index (χ4n) is 3.83. The number of hydrogen-bond acceptors (Lipinski definition) is 4. The van der Waals surface area contributed by atoms with Crippen molar-refractivity contribution in [1.29, 1.82) is 0 Å². The molecule has 0 spiro atoms. The van der Waals surface area contributed by atoms with Gasteiger partial charge < -0.3 is 20.3 Å². The monoisotopic (exact) mass is 393 g/mol. The Morgan fingerprint density at radius 2 is 1.96 bits per heavy atom. The number of rotatable bonds is 4. The van der Waals surface area contributed by atoms with E-state index in [9.17, 15) is 14.4 Å². The highest BCUT2D eigenvalue weighted by Crippen LogP contribution is 2.30. The van der Waals surface area contributed by atoms with Crippen molar-refractivity contribution in [3.8, 4) is 0 Å². The minimum Gasteiger partial charge on any atom is -0.466 e. The van der Waals surface area contributed by atoms with Crippen LogP contribution in [0.1, 0.15) is 39.0 Å². The van der Waals surface area contributed by atoms with E-state index in [1.54, 1.807) is 31.2 Å². The van der Waals surface area contributed by atoms with Crippen molar-refractivity contribution in [2.75, 3.05) is 11.9 Å². The number of fused-ring (bicyclic) bond motifs is 1. The highest BCUT2D eigenvalue weighted by Gasteiger charge is 2.46. The minimum absolute atomic E-state index is 0.0827. The molecular weight excluding hydrogens is 370 g/mol. The number of ether oxygens (including phenoxy) is 1. The zero-order valence-electron chi connectivity index (χ0n) is 15.2. The van der Waals surface area contributed by atoms with Crippen LogP contribution in [0.15, 0.2) is 24.3 Å². The zero-order chi connectivity index (χ0) is 19.4. The number of esters is 1. The topological polar surface area (TPSA) is 87.7 Å². The van der Waals surface area contributed by atoms with Crippen molar-refractivity contribution in [3.05, 3.63) is 29.3 Å². The second-order valence-electron chi connectivity index (χ2n) is 6.84. The van der Waals surface area contributed by atoms with Crippen molar-refractivity contribution < 1.29 is 19.1 Å².